The molecule has 24 heavy (non-hydrogen) atoms. The zero-order chi connectivity index (χ0) is 18.0. The molecule has 0 amide bonds. The van der Waals surface area contributed by atoms with Crippen molar-refractivity contribution in [3.05, 3.63) is 35.4 Å². The number of rotatable bonds is 7. The molecule has 1 rings (SSSR count). The van der Waals surface area contributed by atoms with Gasteiger partial charge >= 0.3 is 12.1 Å². The summed E-state index contributed by atoms with van der Waals surface area (Å²) in [6.07, 6.45) is -2.56. The average Bonchev–Trinajstić information content (AvgIpc) is 2.56. The summed E-state index contributed by atoms with van der Waals surface area (Å²) in [7, 11) is 2.93. The van der Waals surface area contributed by atoms with Crippen LogP contribution in [0.2, 0.25) is 0 Å². The molecule has 1 aromatic carbocycles. The van der Waals surface area contributed by atoms with Gasteiger partial charge in [0.2, 0.25) is 0 Å². The highest BCUT2D eigenvalue weighted by molar-refractivity contribution is 5.79. The molecule has 8 heteroatoms. The molecule has 0 aliphatic heterocycles. The van der Waals surface area contributed by atoms with Crippen LogP contribution in [0.1, 0.15) is 30.4 Å². The molecule has 0 saturated heterocycles. The number of benzene rings is 1. The molecule has 0 fully saturated rings. The number of halogens is 3. The molecule has 0 unspecified atom stereocenters. The number of methoxy groups -OCH3 is 1. The van der Waals surface area contributed by atoms with Gasteiger partial charge in [0.25, 0.3) is 0 Å². The molecule has 0 aliphatic rings. The first kappa shape index (κ1) is 19.8. The van der Waals surface area contributed by atoms with Crippen LogP contribution >= 0.6 is 0 Å². The Morgan fingerprint density at radius 2 is 2.00 bits per heavy atom. The molecule has 0 aliphatic carbocycles. The number of nitrogens with one attached hydrogen (secondary N) is 2. The maximum absolute atomic E-state index is 12.7. The second kappa shape index (κ2) is 9.79. The standard InChI is InChI=1S/C16H22F3N3O2/c1-20-15(21-9-4-3-8-14(23)24-2)22-11-12-6-5-7-13(10-12)16(17,18)19/h5-7,10H,3-4,8-9,11H2,1-2H3,(H2,20,21,22). The average molecular weight is 345 g/mol. The van der Waals surface area contributed by atoms with E-state index in [4.69, 9.17) is 0 Å². The highest BCUT2D eigenvalue weighted by atomic mass is 19.4. The summed E-state index contributed by atoms with van der Waals surface area (Å²) in [5.41, 5.74) is -0.161. The Morgan fingerprint density at radius 1 is 1.25 bits per heavy atom. The van der Waals surface area contributed by atoms with E-state index in [1.165, 1.54) is 13.2 Å². The molecule has 1 aromatic rings. The molecule has 0 spiro atoms. The highest BCUT2D eigenvalue weighted by Crippen LogP contribution is 2.29. The van der Waals surface area contributed by atoms with Crippen LogP contribution in [0.3, 0.4) is 0 Å². The second-order valence-electron chi connectivity index (χ2n) is 5.08. The molecule has 0 aromatic heterocycles. The third-order valence-electron chi connectivity index (χ3n) is 3.27. The van der Waals surface area contributed by atoms with Gasteiger partial charge in [0, 0.05) is 26.6 Å². The van der Waals surface area contributed by atoms with Crippen LogP contribution in [0, 0.1) is 0 Å². The van der Waals surface area contributed by atoms with E-state index in [9.17, 15) is 18.0 Å². The van der Waals surface area contributed by atoms with Crippen molar-refractivity contribution >= 4 is 11.9 Å². The van der Waals surface area contributed by atoms with E-state index >= 15 is 0 Å². The maximum atomic E-state index is 12.7. The number of carbonyl (C=O) groups excluding carboxylic acids is 1. The molecular weight excluding hydrogens is 323 g/mol. The summed E-state index contributed by atoms with van der Waals surface area (Å²) in [5, 5.41) is 6.00. The molecule has 0 heterocycles. The van der Waals surface area contributed by atoms with Gasteiger partial charge in [-0.05, 0) is 30.5 Å². The number of hydrogen-bond acceptors (Lipinski definition) is 3. The van der Waals surface area contributed by atoms with E-state index in [0.717, 1.165) is 18.6 Å². The lowest BCUT2D eigenvalue weighted by Crippen LogP contribution is -2.37. The second-order valence-corrected chi connectivity index (χ2v) is 5.08. The van der Waals surface area contributed by atoms with Crippen molar-refractivity contribution in [2.45, 2.75) is 32.0 Å². The van der Waals surface area contributed by atoms with Gasteiger partial charge in [-0.2, -0.15) is 13.2 Å². The largest absolute Gasteiger partial charge is 0.469 e. The molecule has 0 bridgehead atoms. The minimum Gasteiger partial charge on any atom is -0.469 e. The van der Waals surface area contributed by atoms with E-state index in [2.05, 4.69) is 20.4 Å². The van der Waals surface area contributed by atoms with Crippen molar-refractivity contribution in [2.24, 2.45) is 4.99 Å². The number of hydrogen-bond donors (Lipinski definition) is 2. The molecule has 134 valence electrons. The molecule has 0 radical (unpaired) electrons. The smallest absolute Gasteiger partial charge is 0.416 e. The van der Waals surface area contributed by atoms with E-state index in [0.29, 0.717) is 30.9 Å². The van der Waals surface area contributed by atoms with Gasteiger partial charge in [0.1, 0.15) is 0 Å². The fourth-order valence-electron chi connectivity index (χ4n) is 1.97. The Morgan fingerprint density at radius 3 is 2.62 bits per heavy atom. The lowest BCUT2D eigenvalue weighted by Gasteiger charge is -2.13. The zero-order valence-electron chi connectivity index (χ0n) is 13.7. The van der Waals surface area contributed by atoms with Gasteiger partial charge < -0.3 is 15.4 Å². The van der Waals surface area contributed by atoms with Gasteiger partial charge in [-0.1, -0.05) is 12.1 Å². The number of unbranched alkanes of at least 4 members (excludes halogenated alkanes) is 1. The number of aliphatic imine (C=N–C) groups is 1. The maximum Gasteiger partial charge on any atom is 0.416 e. The summed E-state index contributed by atoms with van der Waals surface area (Å²) in [4.78, 5) is 15.0. The summed E-state index contributed by atoms with van der Waals surface area (Å²) in [5.74, 6) is 0.243. The first-order valence-corrected chi connectivity index (χ1v) is 7.54. The lowest BCUT2D eigenvalue weighted by molar-refractivity contribution is -0.140. The monoisotopic (exact) mass is 345 g/mol. The number of nitrogens with zero attached hydrogens (tertiary/aromatic N) is 1. The number of ether oxygens (including phenoxy) is 1. The molecule has 2 N–H and O–H groups in total. The summed E-state index contributed by atoms with van der Waals surface area (Å²) >= 11 is 0. The van der Waals surface area contributed by atoms with Crippen LogP contribution in [0.4, 0.5) is 13.2 Å². The molecular formula is C16H22F3N3O2. The van der Waals surface area contributed by atoms with Gasteiger partial charge in [-0.3, -0.25) is 9.79 Å². The molecule has 0 atom stereocenters. The first-order chi connectivity index (χ1) is 11.4. The fraction of sp³-hybridized carbons (Fsp3) is 0.500. The van der Waals surface area contributed by atoms with E-state index in [1.807, 2.05) is 0 Å². The lowest BCUT2D eigenvalue weighted by atomic mass is 10.1. The van der Waals surface area contributed by atoms with Crippen LogP contribution in [0.5, 0.6) is 0 Å². The number of esters is 1. The Labute approximate surface area is 139 Å². The number of carbonyl (C=O) groups is 1. The Hall–Kier alpha value is -2.25. The van der Waals surface area contributed by atoms with Crippen LogP contribution in [-0.2, 0) is 22.3 Å². The van der Waals surface area contributed by atoms with Crippen molar-refractivity contribution in [1.29, 1.82) is 0 Å². The van der Waals surface area contributed by atoms with Crippen LogP contribution in [-0.4, -0.2) is 32.6 Å². The number of guanidine groups is 1. The van der Waals surface area contributed by atoms with Crippen LogP contribution in [0.25, 0.3) is 0 Å². The van der Waals surface area contributed by atoms with E-state index < -0.39 is 11.7 Å². The summed E-state index contributed by atoms with van der Waals surface area (Å²) in [6.45, 7) is 0.824. The summed E-state index contributed by atoms with van der Waals surface area (Å²) in [6, 6.07) is 5.14. The minimum absolute atomic E-state index is 0.228. The summed E-state index contributed by atoms with van der Waals surface area (Å²) < 4.78 is 42.5. The third kappa shape index (κ3) is 7.34. The third-order valence-corrected chi connectivity index (χ3v) is 3.27. The molecule has 5 nitrogen and oxygen atoms in total. The predicted octanol–water partition coefficient (Wildman–Crippen LogP) is 2.71. The minimum atomic E-state index is -4.35. The highest BCUT2D eigenvalue weighted by Gasteiger charge is 2.30. The zero-order valence-corrected chi connectivity index (χ0v) is 13.7. The van der Waals surface area contributed by atoms with Crippen molar-refractivity contribution in [3.63, 3.8) is 0 Å². The normalized spacial score (nSPS) is 12.0. The molecule has 0 saturated carbocycles. The van der Waals surface area contributed by atoms with E-state index in [1.54, 1.807) is 13.1 Å². The SMILES string of the molecule is CN=C(NCCCCC(=O)OC)NCc1cccc(C(F)(F)F)c1. The van der Waals surface area contributed by atoms with Gasteiger partial charge in [0.15, 0.2) is 5.96 Å². The van der Waals surface area contributed by atoms with Crippen molar-refractivity contribution in [3.8, 4) is 0 Å². The quantitative estimate of drug-likeness (QED) is 0.345. The van der Waals surface area contributed by atoms with Gasteiger partial charge in [-0.15, -0.1) is 0 Å². The Bertz CT molecular complexity index is 560. The van der Waals surface area contributed by atoms with Crippen molar-refractivity contribution in [1.82, 2.24) is 10.6 Å². The van der Waals surface area contributed by atoms with E-state index in [-0.39, 0.29) is 12.5 Å². The van der Waals surface area contributed by atoms with Gasteiger partial charge in [-0.25, -0.2) is 0 Å². The Balaban J connectivity index is 2.38. The topological polar surface area (TPSA) is 62.7 Å². The van der Waals surface area contributed by atoms with Crippen molar-refractivity contribution < 1.29 is 22.7 Å². The first-order valence-electron chi connectivity index (χ1n) is 7.54. The van der Waals surface area contributed by atoms with Crippen LogP contribution in [0.15, 0.2) is 29.3 Å². The predicted molar refractivity (Wildman–Crippen MR) is 85.5 cm³/mol. The fourth-order valence-corrected chi connectivity index (χ4v) is 1.97. The van der Waals surface area contributed by atoms with Crippen LogP contribution < -0.4 is 10.6 Å². The number of alkyl halides is 3. The van der Waals surface area contributed by atoms with Gasteiger partial charge in [0.05, 0.1) is 12.7 Å². The van der Waals surface area contributed by atoms with Crippen molar-refractivity contribution in [2.75, 3.05) is 20.7 Å². The Kier molecular flexibility index (Phi) is 8.08.